The Morgan fingerprint density at radius 3 is 2.73 bits per heavy atom. The van der Waals surface area contributed by atoms with E-state index in [1.165, 1.54) is 24.0 Å². The number of benzene rings is 1. The van der Waals surface area contributed by atoms with Crippen molar-refractivity contribution in [3.63, 3.8) is 0 Å². The molecule has 2 aromatic rings. The third-order valence-corrected chi connectivity index (χ3v) is 4.58. The van der Waals surface area contributed by atoms with Crippen LogP contribution in [0.5, 0.6) is 5.75 Å². The Kier molecular flexibility index (Phi) is 4.48. The van der Waals surface area contributed by atoms with E-state index in [4.69, 9.17) is 12.6 Å². The molecule has 0 aliphatic carbocycles. The summed E-state index contributed by atoms with van der Waals surface area (Å²) in [4.78, 5) is 6.66. The fourth-order valence-corrected chi connectivity index (χ4v) is 3.36. The second kappa shape index (κ2) is 6.53. The van der Waals surface area contributed by atoms with E-state index >= 15 is 0 Å². The van der Waals surface area contributed by atoms with E-state index in [2.05, 4.69) is 35.0 Å². The van der Waals surface area contributed by atoms with Crippen molar-refractivity contribution in [1.82, 2.24) is 9.88 Å². The summed E-state index contributed by atoms with van der Waals surface area (Å²) in [7, 11) is 7.54. The number of rotatable bonds is 4. The van der Waals surface area contributed by atoms with Crippen LogP contribution in [0.15, 0.2) is 42.6 Å². The molecule has 1 saturated heterocycles. The minimum Gasteiger partial charge on any atom is -0.497 e. The minimum atomic E-state index is 0.368. The van der Waals surface area contributed by atoms with E-state index < -0.39 is 0 Å². The molecule has 2 heterocycles. The first-order chi connectivity index (χ1) is 10.7. The highest BCUT2D eigenvalue weighted by molar-refractivity contribution is 6.30. The SMILES string of the molecule is [B]c1cc([C@@H]2CCCN2[C@H](C)c2ccc(OC)cc2)ccn1. The van der Waals surface area contributed by atoms with Gasteiger partial charge in [-0.1, -0.05) is 12.1 Å². The van der Waals surface area contributed by atoms with Crippen LogP contribution >= 0.6 is 0 Å². The molecule has 0 saturated carbocycles. The van der Waals surface area contributed by atoms with E-state index in [1.807, 2.05) is 18.2 Å². The monoisotopic (exact) mass is 292 g/mol. The lowest BCUT2D eigenvalue weighted by Crippen LogP contribution is -2.27. The number of aromatic nitrogens is 1. The quantitative estimate of drug-likeness (QED) is 0.810. The molecule has 3 nitrogen and oxygen atoms in total. The highest BCUT2D eigenvalue weighted by Gasteiger charge is 2.30. The van der Waals surface area contributed by atoms with Crippen LogP contribution in [0.3, 0.4) is 0 Å². The van der Waals surface area contributed by atoms with Crippen LogP contribution in [0.1, 0.15) is 43.0 Å². The van der Waals surface area contributed by atoms with Crippen LogP contribution in [0.4, 0.5) is 0 Å². The zero-order chi connectivity index (χ0) is 15.5. The molecule has 0 unspecified atom stereocenters. The number of hydrogen-bond acceptors (Lipinski definition) is 3. The average molecular weight is 292 g/mol. The van der Waals surface area contributed by atoms with E-state index in [1.54, 1.807) is 13.3 Å². The van der Waals surface area contributed by atoms with E-state index in [0.29, 0.717) is 17.7 Å². The number of likely N-dealkylation sites (tertiary alicyclic amines) is 1. The van der Waals surface area contributed by atoms with Crippen LogP contribution in [0.25, 0.3) is 0 Å². The number of ether oxygens (including phenoxy) is 1. The van der Waals surface area contributed by atoms with Gasteiger partial charge in [0.2, 0.25) is 0 Å². The molecule has 1 aliphatic heterocycles. The Bertz CT molecular complexity index is 629. The first kappa shape index (κ1) is 15.1. The second-order valence-corrected chi connectivity index (χ2v) is 5.86. The fourth-order valence-electron chi connectivity index (χ4n) is 3.36. The van der Waals surface area contributed by atoms with Crippen molar-refractivity contribution in [2.45, 2.75) is 31.8 Å². The van der Waals surface area contributed by atoms with Gasteiger partial charge in [0, 0.05) is 18.3 Å². The summed E-state index contributed by atoms with van der Waals surface area (Å²) >= 11 is 0. The summed E-state index contributed by atoms with van der Waals surface area (Å²) < 4.78 is 5.24. The van der Waals surface area contributed by atoms with Gasteiger partial charge in [-0.15, -0.1) is 0 Å². The van der Waals surface area contributed by atoms with Gasteiger partial charge in [-0.2, -0.15) is 0 Å². The standard InChI is InChI=1S/C18H21BN2O/c1-13(14-5-7-16(22-2)8-6-14)21-11-3-4-17(21)15-9-10-20-18(19)12-15/h5-10,12-13,17H,3-4,11H2,1-2H3/t13-,17+/m1/s1. The van der Waals surface area contributed by atoms with Crippen molar-refractivity contribution in [3.8, 4) is 5.75 Å². The van der Waals surface area contributed by atoms with Gasteiger partial charge in [-0.05, 0) is 67.3 Å². The number of methoxy groups -OCH3 is 1. The molecule has 1 fully saturated rings. The molecule has 4 heteroatoms. The Hall–Kier alpha value is -1.81. The third-order valence-electron chi connectivity index (χ3n) is 4.58. The van der Waals surface area contributed by atoms with Gasteiger partial charge in [0.15, 0.2) is 0 Å². The maximum Gasteiger partial charge on any atom is 0.141 e. The lowest BCUT2D eigenvalue weighted by Gasteiger charge is -2.31. The molecule has 1 aromatic carbocycles. The van der Waals surface area contributed by atoms with Gasteiger partial charge >= 0.3 is 0 Å². The van der Waals surface area contributed by atoms with Crippen LogP contribution in [0, 0.1) is 0 Å². The third kappa shape index (κ3) is 3.02. The minimum absolute atomic E-state index is 0.368. The maximum atomic E-state index is 5.85. The Morgan fingerprint density at radius 2 is 2.05 bits per heavy atom. The van der Waals surface area contributed by atoms with Crippen molar-refractivity contribution in [1.29, 1.82) is 0 Å². The molecule has 1 aliphatic rings. The predicted molar refractivity (Wildman–Crippen MR) is 89.7 cm³/mol. The van der Waals surface area contributed by atoms with Crippen molar-refractivity contribution < 1.29 is 4.74 Å². The Labute approximate surface area is 133 Å². The summed E-state index contributed by atoms with van der Waals surface area (Å²) in [6, 6.07) is 13.2. The molecule has 0 bridgehead atoms. The van der Waals surface area contributed by atoms with E-state index in [-0.39, 0.29) is 0 Å². The topological polar surface area (TPSA) is 25.4 Å². The molecule has 1 aromatic heterocycles. The molecule has 22 heavy (non-hydrogen) atoms. The normalized spacial score (nSPS) is 20.0. The van der Waals surface area contributed by atoms with Crippen LogP contribution in [-0.4, -0.2) is 31.4 Å². The molecule has 0 amide bonds. The molecular formula is C18H21BN2O. The highest BCUT2D eigenvalue weighted by atomic mass is 16.5. The molecular weight excluding hydrogens is 271 g/mol. The van der Waals surface area contributed by atoms with Gasteiger partial charge in [0.05, 0.1) is 7.11 Å². The Balaban J connectivity index is 1.82. The summed E-state index contributed by atoms with van der Waals surface area (Å²) in [6.07, 6.45) is 4.19. The number of hydrogen-bond donors (Lipinski definition) is 0. The van der Waals surface area contributed by atoms with Gasteiger partial charge in [0.25, 0.3) is 0 Å². The largest absolute Gasteiger partial charge is 0.497 e. The Morgan fingerprint density at radius 1 is 1.27 bits per heavy atom. The van der Waals surface area contributed by atoms with Crippen molar-refractivity contribution in [3.05, 3.63) is 53.7 Å². The van der Waals surface area contributed by atoms with Crippen LogP contribution in [-0.2, 0) is 0 Å². The lowest BCUT2D eigenvalue weighted by atomic mass is 9.96. The van der Waals surface area contributed by atoms with Gasteiger partial charge in [-0.25, -0.2) is 0 Å². The summed E-state index contributed by atoms with van der Waals surface area (Å²) in [5.41, 5.74) is 3.18. The summed E-state index contributed by atoms with van der Waals surface area (Å²) in [5.74, 6) is 0.899. The average Bonchev–Trinajstić information content (AvgIpc) is 3.04. The predicted octanol–water partition coefficient (Wildman–Crippen LogP) is 2.78. The molecule has 112 valence electrons. The smallest absolute Gasteiger partial charge is 0.141 e. The molecule has 3 rings (SSSR count). The van der Waals surface area contributed by atoms with Crippen molar-refractivity contribution in [2.24, 2.45) is 0 Å². The molecule has 2 atom stereocenters. The molecule has 0 spiro atoms. The van der Waals surface area contributed by atoms with Crippen LogP contribution < -0.4 is 10.3 Å². The lowest BCUT2D eigenvalue weighted by molar-refractivity contribution is 0.194. The zero-order valence-corrected chi connectivity index (χ0v) is 13.2. The fraction of sp³-hybridized carbons (Fsp3) is 0.389. The van der Waals surface area contributed by atoms with E-state index in [9.17, 15) is 0 Å². The van der Waals surface area contributed by atoms with Crippen LogP contribution in [0.2, 0.25) is 0 Å². The summed E-state index contributed by atoms with van der Waals surface area (Å²) in [5, 5.41) is 0. The maximum absolute atomic E-state index is 5.85. The number of pyridine rings is 1. The molecule has 2 radical (unpaired) electrons. The second-order valence-electron chi connectivity index (χ2n) is 5.86. The molecule has 0 N–H and O–H groups in total. The zero-order valence-electron chi connectivity index (χ0n) is 13.2. The first-order valence-corrected chi connectivity index (χ1v) is 7.80. The number of nitrogens with zero attached hydrogens (tertiary/aromatic N) is 2. The summed E-state index contributed by atoms with van der Waals surface area (Å²) in [6.45, 7) is 3.38. The van der Waals surface area contributed by atoms with Crippen molar-refractivity contribution >= 4 is 13.4 Å². The van der Waals surface area contributed by atoms with E-state index in [0.717, 1.165) is 12.3 Å². The van der Waals surface area contributed by atoms with Crippen molar-refractivity contribution in [2.75, 3.05) is 13.7 Å². The highest BCUT2D eigenvalue weighted by Crippen LogP contribution is 2.38. The van der Waals surface area contributed by atoms with Gasteiger partial charge in [-0.3, -0.25) is 9.88 Å². The first-order valence-electron chi connectivity index (χ1n) is 7.80. The van der Waals surface area contributed by atoms with Gasteiger partial charge < -0.3 is 4.74 Å². The van der Waals surface area contributed by atoms with Gasteiger partial charge in [0.1, 0.15) is 13.6 Å².